The van der Waals surface area contributed by atoms with Crippen molar-refractivity contribution in [2.24, 2.45) is 5.10 Å². The molecule has 0 aliphatic heterocycles. The molecule has 9 nitrogen and oxygen atoms in total. The summed E-state index contributed by atoms with van der Waals surface area (Å²) in [6.45, 7) is 2.37. The van der Waals surface area contributed by atoms with E-state index in [1.807, 2.05) is 30.3 Å². The van der Waals surface area contributed by atoms with E-state index in [-0.39, 0.29) is 23.0 Å². The van der Waals surface area contributed by atoms with Crippen LogP contribution in [0.5, 0.6) is 23.0 Å². The Hall–Kier alpha value is -4.54. The maximum absolute atomic E-state index is 12.7. The Morgan fingerprint density at radius 3 is 2.32 bits per heavy atom. The summed E-state index contributed by atoms with van der Waals surface area (Å²) in [4.78, 5) is 12.6. The summed E-state index contributed by atoms with van der Waals surface area (Å²) < 4.78 is 47.5. The van der Waals surface area contributed by atoms with Crippen LogP contribution in [0.4, 0.5) is 0 Å². The van der Waals surface area contributed by atoms with Gasteiger partial charge in [-0.1, -0.05) is 41.9 Å². The van der Waals surface area contributed by atoms with Gasteiger partial charge >= 0.3 is 10.1 Å². The second-order valence-electron chi connectivity index (χ2n) is 8.47. The maximum Gasteiger partial charge on any atom is 0.339 e. The van der Waals surface area contributed by atoms with Crippen LogP contribution in [-0.2, 0) is 16.7 Å². The average Bonchev–Trinajstić information content (AvgIpc) is 2.98. The Bertz CT molecular complexity index is 1630. The van der Waals surface area contributed by atoms with Gasteiger partial charge in [-0.3, -0.25) is 4.79 Å². The summed E-state index contributed by atoms with van der Waals surface area (Å²) in [5.41, 5.74) is 4.31. The summed E-state index contributed by atoms with van der Waals surface area (Å²) in [6, 6.07) is 24.7. The normalized spacial score (nSPS) is 11.2. The van der Waals surface area contributed by atoms with Gasteiger partial charge in [-0.25, -0.2) is 5.43 Å². The van der Waals surface area contributed by atoms with Crippen LogP contribution in [0.25, 0.3) is 0 Å². The first-order valence-corrected chi connectivity index (χ1v) is 14.2. The zero-order chi connectivity index (χ0) is 29.2. The summed E-state index contributed by atoms with van der Waals surface area (Å²) in [7, 11) is -2.62. The molecule has 212 valence electrons. The summed E-state index contributed by atoms with van der Waals surface area (Å²) in [5, 5.41) is 4.41. The van der Waals surface area contributed by atoms with Gasteiger partial charge in [0.05, 0.1) is 19.9 Å². The van der Waals surface area contributed by atoms with Crippen LogP contribution in [0.1, 0.15) is 28.4 Å². The first-order chi connectivity index (χ1) is 19.8. The van der Waals surface area contributed by atoms with E-state index >= 15 is 0 Å². The highest BCUT2D eigenvalue weighted by molar-refractivity contribution is 7.87. The predicted octanol–water partition coefficient (Wildman–Crippen LogP) is 5.86. The number of nitrogens with zero attached hydrogens (tertiary/aromatic N) is 1. The quantitative estimate of drug-likeness (QED) is 0.124. The van der Waals surface area contributed by atoms with E-state index < -0.39 is 16.0 Å². The molecule has 4 aromatic rings. The van der Waals surface area contributed by atoms with Crippen molar-refractivity contribution in [2.75, 3.05) is 13.7 Å². The SMILES string of the molecule is CCOc1cc(/C=N/NC(=O)c2ccc(OCc3ccccc3)c(OC)c2)ccc1OS(=O)(=O)c1ccc(Cl)cc1. The van der Waals surface area contributed by atoms with Crippen molar-refractivity contribution in [3.8, 4) is 23.0 Å². The third kappa shape index (κ3) is 8.00. The number of ether oxygens (including phenoxy) is 3. The number of amides is 1. The summed E-state index contributed by atoms with van der Waals surface area (Å²) in [5.74, 6) is 0.636. The van der Waals surface area contributed by atoms with E-state index in [9.17, 15) is 13.2 Å². The largest absolute Gasteiger partial charge is 0.493 e. The number of hydrogen-bond donors (Lipinski definition) is 1. The molecule has 41 heavy (non-hydrogen) atoms. The Morgan fingerprint density at radius 2 is 1.61 bits per heavy atom. The van der Waals surface area contributed by atoms with Crippen LogP contribution in [0.2, 0.25) is 5.02 Å². The van der Waals surface area contributed by atoms with E-state index in [1.165, 1.54) is 43.7 Å². The summed E-state index contributed by atoms with van der Waals surface area (Å²) >= 11 is 5.85. The fourth-order valence-electron chi connectivity index (χ4n) is 3.60. The van der Waals surface area contributed by atoms with Crippen LogP contribution >= 0.6 is 11.6 Å². The van der Waals surface area contributed by atoms with Crippen molar-refractivity contribution >= 4 is 33.8 Å². The molecular formula is C30H27ClN2O7S. The van der Waals surface area contributed by atoms with Gasteiger partial charge in [0.15, 0.2) is 23.0 Å². The van der Waals surface area contributed by atoms with Gasteiger partial charge in [0.25, 0.3) is 5.91 Å². The molecule has 0 fully saturated rings. The highest BCUT2D eigenvalue weighted by atomic mass is 35.5. The molecule has 4 rings (SSSR count). The molecule has 0 saturated carbocycles. The molecule has 0 aromatic heterocycles. The molecule has 0 radical (unpaired) electrons. The topological polar surface area (TPSA) is 113 Å². The first-order valence-electron chi connectivity index (χ1n) is 12.4. The van der Waals surface area contributed by atoms with E-state index in [4.69, 9.17) is 30.0 Å². The van der Waals surface area contributed by atoms with Crippen molar-refractivity contribution < 1.29 is 31.6 Å². The van der Waals surface area contributed by atoms with Gasteiger partial charge in [-0.15, -0.1) is 0 Å². The minimum atomic E-state index is -4.12. The number of halogens is 1. The van der Waals surface area contributed by atoms with Gasteiger partial charge in [0.2, 0.25) is 0 Å². The summed E-state index contributed by atoms with van der Waals surface area (Å²) in [6.07, 6.45) is 1.40. The Balaban J connectivity index is 1.42. The lowest BCUT2D eigenvalue weighted by atomic mass is 10.2. The van der Waals surface area contributed by atoms with Crippen LogP contribution < -0.4 is 23.8 Å². The first kappa shape index (κ1) is 29.4. The lowest BCUT2D eigenvalue weighted by Gasteiger charge is -2.12. The number of hydrazone groups is 1. The second-order valence-corrected chi connectivity index (χ2v) is 10.5. The third-order valence-electron chi connectivity index (χ3n) is 5.61. The average molecular weight is 595 g/mol. The van der Waals surface area contributed by atoms with Gasteiger partial charge in [0, 0.05) is 10.6 Å². The van der Waals surface area contributed by atoms with Gasteiger partial charge in [0.1, 0.15) is 11.5 Å². The Labute approximate surface area is 243 Å². The molecule has 1 N–H and O–H groups in total. The lowest BCUT2D eigenvalue weighted by Crippen LogP contribution is -2.17. The van der Waals surface area contributed by atoms with Gasteiger partial charge < -0.3 is 18.4 Å². The zero-order valence-electron chi connectivity index (χ0n) is 22.2. The molecule has 1 amide bonds. The van der Waals surface area contributed by atoms with Gasteiger partial charge in [-0.2, -0.15) is 13.5 Å². The molecule has 11 heteroatoms. The minimum Gasteiger partial charge on any atom is -0.493 e. The molecule has 0 bridgehead atoms. The molecule has 0 aliphatic rings. The smallest absolute Gasteiger partial charge is 0.339 e. The number of rotatable bonds is 12. The highest BCUT2D eigenvalue weighted by Crippen LogP contribution is 2.31. The molecule has 4 aromatic carbocycles. The van der Waals surface area contributed by atoms with Crippen molar-refractivity contribution in [1.29, 1.82) is 0 Å². The van der Waals surface area contributed by atoms with Crippen molar-refractivity contribution in [3.63, 3.8) is 0 Å². The Kier molecular flexibility index (Phi) is 9.83. The molecular weight excluding hydrogens is 568 g/mol. The van der Waals surface area contributed by atoms with Crippen LogP contribution in [-0.4, -0.2) is 34.3 Å². The molecule has 0 saturated heterocycles. The number of carbonyl (C=O) groups is 1. The Morgan fingerprint density at radius 1 is 0.878 bits per heavy atom. The highest BCUT2D eigenvalue weighted by Gasteiger charge is 2.19. The minimum absolute atomic E-state index is 0.00431. The lowest BCUT2D eigenvalue weighted by molar-refractivity contribution is 0.0954. The monoisotopic (exact) mass is 594 g/mol. The molecule has 0 aliphatic carbocycles. The van der Waals surface area contributed by atoms with Crippen molar-refractivity contribution in [1.82, 2.24) is 5.43 Å². The maximum atomic E-state index is 12.7. The number of nitrogens with one attached hydrogen (secondary N) is 1. The zero-order valence-corrected chi connectivity index (χ0v) is 23.8. The molecule has 0 heterocycles. The van der Waals surface area contributed by atoms with Gasteiger partial charge in [-0.05, 0) is 78.7 Å². The van der Waals surface area contributed by atoms with Crippen LogP contribution in [0, 0.1) is 0 Å². The van der Waals surface area contributed by atoms with E-state index in [0.717, 1.165) is 5.56 Å². The fourth-order valence-corrected chi connectivity index (χ4v) is 4.67. The number of methoxy groups -OCH3 is 1. The molecule has 0 spiro atoms. The van der Waals surface area contributed by atoms with E-state index in [0.29, 0.717) is 34.3 Å². The predicted molar refractivity (Wildman–Crippen MR) is 156 cm³/mol. The van der Waals surface area contributed by atoms with Crippen molar-refractivity contribution in [3.05, 3.63) is 113 Å². The van der Waals surface area contributed by atoms with E-state index in [1.54, 1.807) is 37.3 Å². The fraction of sp³-hybridized carbons (Fsp3) is 0.133. The van der Waals surface area contributed by atoms with Crippen molar-refractivity contribution in [2.45, 2.75) is 18.4 Å². The number of benzene rings is 4. The van der Waals surface area contributed by atoms with Crippen LogP contribution in [0.15, 0.2) is 101 Å². The number of hydrogen-bond acceptors (Lipinski definition) is 8. The second kappa shape index (κ2) is 13.7. The third-order valence-corrected chi connectivity index (χ3v) is 7.11. The van der Waals surface area contributed by atoms with Crippen LogP contribution in [0.3, 0.4) is 0 Å². The molecule has 0 atom stereocenters. The van der Waals surface area contributed by atoms with E-state index in [2.05, 4.69) is 10.5 Å². The standard InChI is InChI=1S/C30H27ClN2O7S/c1-3-38-29-17-22(9-15-27(29)40-41(35,36)25-13-11-24(31)12-14-25)19-32-33-30(34)23-10-16-26(28(18-23)37-2)39-20-21-7-5-4-6-8-21/h4-19H,3,20H2,1-2H3,(H,33,34)/b32-19+. The molecule has 0 unspecified atom stereocenters. The number of carbonyl (C=O) groups excluding carboxylic acids is 1.